The van der Waals surface area contributed by atoms with Crippen LogP contribution in [0.3, 0.4) is 0 Å². The summed E-state index contributed by atoms with van der Waals surface area (Å²) in [4.78, 5) is 7.93. The van der Waals surface area contributed by atoms with Crippen LogP contribution in [0.5, 0.6) is 0 Å². The number of halogens is 1. The topological polar surface area (TPSA) is 47.0 Å². The highest BCUT2D eigenvalue weighted by atomic mass is 35.5. The first-order valence-electron chi connectivity index (χ1n) is 5.11. The van der Waals surface area contributed by atoms with E-state index >= 15 is 0 Å². The average molecular weight is 228 g/mol. The third-order valence-corrected chi connectivity index (χ3v) is 2.65. The van der Waals surface area contributed by atoms with E-state index in [2.05, 4.69) is 22.2 Å². The van der Waals surface area contributed by atoms with Crippen molar-refractivity contribution in [3.8, 4) is 0 Å². The van der Waals surface area contributed by atoms with Gasteiger partial charge in [-0.05, 0) is 37.4 Å². The molecule has 1 aliphatic heterocycles. The van der Waals surface area contributed by atoms with Gasteiger partial charge in [0.25, 0.3) is 0 Å². The fourth-order valence-electron chi connectivity index (χ4n) is 1.75. The van der Waals surface area contributed by atoms with Crippen LogP contribution in [0.2, 0.25) is 5.28 Å². The Morgan fingerprint density at radius 2 is 2.47 bits per heavy atom. The largest absolute Gasteiger partial charge is 0.378 e. The molecule has 4 nitrogen and oxygen atoms in total. The monoisotopic (exact) mass is 227 g/mol. The van der Waals surface area contributed by atoms with E-state index in [-0.39, 0.29) is 5.28 Å². The summed E-state index contributed by atoms with van der Waals surface area (Å²) >= 11 is 5.70. The maximum absolute atomic E-state index is 5.70. The van der Waals surface area contributed by atoms with Crippen LogP contribution in [-0.4, -0.2) is 28.7 Å². The van der Waals surface area contributed by atoms with E-state index in [1.807, 2.05) is 6.07 Å². The van der Waals surface area contributed by atoms with Crippen LogP contribution in [0.4, 0.5) is 5.82 Å². The number of ether oxygens (including phenoxy) is 1. The highest BCUT2D eigenvalue weighted by molar-refractivity contribution is 6.28. The molecule has 5 heteroatoms. The molecule has 0 radical (unpaired) electrons. The van der Waals surface area contributed by atoms with Crippen LogP contribution < -0.4 is 5.32 Å². The third kappa shape index (κ3) is 3.04. The average Bonchev–Trinajstić information content (AvgIpc) is 2.17. The molecule has 0 bridgehead atoms. The lowest BCUT2D eigenvalue weighted by Crippen LogP contribution is -2.32. The molecule has 1 aromatic rings. The van der Waals surface area contributed by atoms with Gasteiger partial charge in [-0.1, -0.05) is 0 Å². The Morgan fingerprint density at radius 1 is 1.60 bits per heavy atom. The van der Waals surface area contributed by atoms with Crippen molar-refractivity contribution in [1.82, 2.24) is 9.97 Å². The Hall–Kier alpha value is -0.870. The summed E-state index contributed by atoms with van der Waals surface area (Å²) in [5.41, 5.74) is 0. The number of rotatable bonds is 2. The molecule has 1 saturated heterocycles. The van der Waals surface area contributed by atoms with Gasteiger partial charge in [0.15, 0.2) is 0 Å². The standard InChI is InChI=1S/C10H14ClN3O/c1-7-6-8(3-5-15-7)13-9-2-4-12-10(11)14-9/h2,4,7-8H,3,5-6H2,1H3,(H,12,13,14). The van der Waals surface area contributed by atoms with Crippen LogP contribution in [0.1, 0.15) is 19.8 Å². The third-order valence-electron chi connectivity index (χ3n) is 2.46. The lowest BCUT2D eigenvalue weighted by atomic mass is 10.0. The molecule has 2 heterocycles. The summed E-state index contributed by atoms with van der Waals surface area (Å²) in [5, 5.41) is 3.61. The van der Waals surface area contributed by atoms with Crippen molar-refractivity contribution in [3.05, 3.63) is 17.5 Å². The molecular formula is C10H14ClN3O. The molecule has 82 valence electrons. The number of hydrogen-bond acceptors (Lipinski definition) is 4. The highest BCUT2D eigenvalue weighted by Gasteiger charge is 2.19. The van der Waals surface area contributed by atoms with Crippen LogP contribution in [0.15, 0.2) is 12.3 Å². The predicted molar refractivity (Wildman–Crippen MR) is 59.1 cm³/mol. The van der Waals surface area contributed by atoms with Crippen molar-refractivity contribution in [2.75, 3.05) is 11.9 Å². The summed E-state index contributed by atoms with van der Waals surface area (Å²) in [6, 6.07) is 2.24. The Morgan fingerprint density at radius 3 is 3.20 bits per heavy atom. The zero-order valence-corrected chi connectivity index (χ0v) is 9.37. The van der Waals surface area contributed by atoms with Crippen LogP contribution in [-0.2, 0) is 4.74 Å². The van der Waals surface area contributed by atoms with E-state index in [1.54, 1.807) is 6.20 Å². The number of nitrogens with zero attached hydrogens (tertiary/aromatic N) is 2. The molecule has 0 aromatic carbocycles. The molecule has 0 aliphatic carbocycles. The molecular weight excluding hydrogens is 214 g/mol. The van der Waals surface area contributed by atoms with E-state index in [4.69, 9.17) is 16.3 Å². The van der Waals surface area contributed by atoms with Gasteiger partial charge >= 0.3 is 0 Å². The minimum atomic E-state index is 0.278. The lowest BCUT2D eigenvalue weighted by Gasteiger charge is -2.28. The Kier molecular flexibility index (Phi) is 3.38. The molecule has 1 aromatic heterocycles. The fraction of sp³-hybridized carbons (Fsp3) is 0.600. The van der Waals surface area contributed by atoms with Gasteiger partial charge in [-0.25, -0.2) is 9.97 Å². The smallest absolute Gasteiger partial charge is 0.224 e. The molecule has 1 fully saturated rings. The molecule has 1 N–H and O–H groups in total. The molecule has 2 unspecified atom stereocenters. The summed E-state index contributed by atoms with van der Waals surface area (Å²) in [5.74, 6) is 0.786. The van der Waals surface area contributed by atoms with E-state index in [1.165, 1.54) is 0 Å². The summed E-state index contributed by atoms with van der Waals surface area (Å²) < 4.78 is 5.47. The number of anilines is 1. The van der Waals surface area contributed by atoms with Gasteiger partial charge < -0.3 is 10.1 Å². The minimum absolute atomic E-state index is 0.278. The maximum Gasteiger partial charge on any atom is 0.224 e. The molecule has 0 spiro atoms. The van der Waals surface area contributed by atoms with Crippen LogP contribution >= 0.6 is 11.6 Å². The van der Waals surface area contributed by atoms with Gasteiger partial charge in [-0.3, -0.25) is 0 Å². The van der Waals surface area contributed by atoms with Gasteiger partial charge in [0.2, 0.25) is 5.28 Å². The molecule has 2 atom stereocenters. The first-order valence-corrected chi connectivity index (χ1v) is 5.48. The van der Waals surface area contributed by atoms with Gasteiger partial charge in [-0.15, -0.1) is 0 Å². The zero-order valence-electron chi connectivity index (χ0n) is 8.61. The Labute approximate surface area is 94.0 Å². The molecule has 2 rings (SSSR count). The van der Waals surface area contributed by atoms with Gasteiger partial charge in [-0.2, -0.15) is 0 Å². The van der Waals surface area contributed by atoms with Gasteiger partial charge in [0, 0.05) is 18.8 Å². The maximum atomic E-state index is 5.70. The van der Waals surface area contributed by atoms with Crippen molar-refractivity contribution in [3.63, 3.8) is 0 Å². The molecule has 1 aliphatic rings. The van der Waals surface area contributed by atoms with Crippen molar-refractivity contribution >= 4 is 17.4 Å². The Bertz CT molecular complexity index is 334. The number of hydrogen-bond donors (Lipinski definition) is 1. The number of nitrogens with one attached hydrogen (secondary N) is 1. The lowest BCUT2D eigenvalue weighted by molar-refractivity contribution is 0.0232. The second-order valence-corrected chi connectivity index (χ2v) is 4.10. The molecule has 15 heavy (non-hydrogen) atoms. The zero-order chi connectivity index (χ0) is 10.7. The van der Waals surface area contributed by atoms with E-state index < -0.39 is 0 Å². The van der Waals surface area contributed by atoms with Crippen LogP contribution in [0.25, 0.3) is 0 Å². The van der Waals surface area contributed by atoms with E-state index in [0.717, 1.165) is 25.3 Å². The van der Waals surface area contributed by atoms with Crippen molar-refractivity contribution in [2.24, 2.45) is 0 Å². The van der Waals surface area contributed by atoms with E-state index in [9.17, 15) is 0 Å². The van der Waals surface area contributed by atoms with Gasteiger partial charge in [0.05, 0.1) is 6.10 Å². The summed E-state index contributed by atoms with van der Waals surface area (Å²) in [6.45, 7) is 2.89. The quantitative estimate of drug-likeness (QED) is 0.787. The van der Waals surface area contributed by atoms with Crippen LogP contribution in [0, 0.1) is 0 Å². The SMILES string of the molecule is CC1CC(Nc2ccnc(Cl)n2)CCO1. The normalized spacial score (nSPS) is 26.3. The van der Waals surface area contributed by atoms with E-state index in [0.29, 0.717) is 12.1 Å². The first-order chi connectivity index (χ1) is 7.24. The fourth-order valence-corrected chi connectivity index (χ4v) is 1.90. The Balaban J connectivity index is 1.96. The number of aromatic nitrogens is 2. The molecule has 0 amide bonds. The first kappa shape index (κ1) is 10.6. The second kappa shape index (κ2) is 4.77. The van der Waals surface area contributed by atoms with Crippen molar-refractivity contribution in [1.29, 1.82) is 0 Å². The second-order valence-electron chi connectivity index (χ2n) is 3.76. The van der Waals surface area contributed by atoms with Gasteiger partial charge in [0.1, 0.15) is 5.82 Å². The highest BCUT2D eigenvalue weighted by Crippen LogP contribution is 2.17. The van der Waals surface area contributed by atoms with Crippen molar-refractivity contribution < 1.29 is 4.74 Å². The van der Waals surface area contributed by atoms with Crippen molar-refractivity contribution in [2.45, 2.75) is 31.9 Å². The molecule has 0 saturated carbocycles. The predicted octanol–water partition coefficient (Wildman–Crippen LogP) is 2.11. The summed E-state index contributed by atoms with van der Waals surface area (Å²) in [6.07, 6.45) is 3.97. The summed E-state index contributed by atoms with van der Waals surface area (Å²) in [7, 11) is 0. The minimum Gasteiger partial charge on any atom is -0.378 e.